The molecule has 4 nitrogen and oxygen atoms in total. The highest BCUT2D eigenvalue weighted by Crippen LogP contribution is 1.76. The predicted molar refractivity (Wildman–Crippen MR) is 52.4 cm³/mol. The van der Waals surface area contributed by atoms with Crippen LogP contribution in [0.4, 0.5) is 0 Å². The Kier molecular flexibility index (Phi) is 31.6. The SMILES string of the molecule is CCCC.COC(C)=O.OCCO. The lowest BCUT2D eigenvalue weighted by molar-refractivity contribution is -0.137. The summed E-state index contributed by atoms with van der Waals surface area (Å²) in [6.07, 6.45) is 2.64. The molecule has 0 saturated carbocycles. The zero-order valence-electron chi connectivity index (χ0n) is 9.04. The van der Waals surface area contributed by atoms with Crippen LogP contribution in [0.15, 0.2) is 0 Å². The van der Waals surface area contributed by atoms with Gasteiger partial charge >= 0.3 is 5.97 Å². The lowest BCUT2D eigenvalue weighted by Gasteiger charge is -1.80. The van der Waals surface area contributed by atoms with E-state index in [4.69, 9.17) is 10.2 Å². The Morgan fingerprint density at radius 1 is 1.15 bits per heavy atom. The molecule has 0 radical (unpaired) electrons. The number of carbonyl (C=O) groups is 1. The average Bonchev–Trinajstić information content (AvgIpc) is 2.18. The van der Waals surface area contributed by atoms with Crippen LogP contribution < -0.4 is 0 Å². The first-order valence-corrected chi connectivity index (χ1v) is 4.36. The summed E-state index contributed by atoms with van der Waals surface area (Å²) in [7, 11) is 1.35. The normalized spacial score (nSPS) is 7.23. The molecule has 0 aliphatic heterocycles. The van der Waals surface area contributed by atoms with E-state index < -0.39 is 0 Å². The maximum absolute atomic E-state index is 9.59. The highest BCUT2D eigenvalue weighted by atomic mass is 16.5. The second-order valence-corrected chi connectivity index (χ2v) is 2.14. The van der Waals surface area contributed by atoms with E-state index in [1.807, 2.05) is 0 Å². The van der Waals surface area contributed by atoms with Crippen molar-refractivity contribution in [1.29, 1.82) is 0 Å². The minimum Gasteiger partial charge on any atom is -0.469 e. The fourth-order valence-corrected chi connectivity index (χ4v) is 0. The van der Waals surface area contributed by atoms with Crippen LogP contribution in [-0.2, 0) is 9.53 Å². The van der Waals surface area contributed by atoms with Gasteiger partial charge < -0.3 is 14.9 Å². The first-order chi connectivity index (χ1) is 6.10. The summed E-state index contributed by atoms with van der Waals surface area (Å²) in [6.45, 7) is 5.47. The van der Waals surface area contributed by atoms with Gasteiger partial charge in [0.25, 0.3) is 0 Å². The molecular formula is C9H22O4. The van der Waals surface area contributed by atoms with E-state index in [0.29, 0.717) is 0 Å². The van der Waals surface area contributed by atoms with Crippen molar-refractivity contribution >= 4 is 5.97 Å². The Morgan fingerprint density at radius 2 is 1.38 bits per heavy atom. The number of aliphatic hydroxyl groups excluding tert-OH is 2. The van der Waals surface area contributed by atoms with Crippen LogP contribution in [0.2, 0.25) is 0 Å². The highest BCUT2D eigenvalue weighted by Gasteiger charge is 1.75. The topological polar surface area (TPSA) is 66.8 Å². The number of esters is 1. The molecule has 2 N–H and O–H groups in total. The van der Waals surface area contributed by atoms with Crippen molar-refractivity contribution in [3.8, 4) is 0 Å². The van der Waals surface area contributed by atoms with Gasteiger partial charge in [0.15, 0.2) is 0 Å². The largest absolute Gasteiger partial charge is 0.469 e. The van der Waals surface area contributed by atoms with Crippen LogP contribution in [0.5, 0.6) is 0 Å². The van der Waals surface area contributed by atoms with Crippen LogP contribution in [0.3, 0.4) is 0 Å². The Morgan fingerprint density at radius 3 is 1.38 bits per heavy atom. The number of unbranched alkanes of at least 4 members (excludes halogenated alkanes) is 1. The van der Waals surface area contributed by atoms with Crippen LogP contribution in [0, 0.1) is 0 Å². The molecule has 0 amide bonds. The van der Waals surface area contributed by atoms with Gasteiger partial charge in [-0.05, 0) is 0 Å². The lowest BCUT2D eigenvalue weighted by Crippen LogP contribution is -1.88. The van der Waals surface area contributed by atoms with Gasteiger partial charge in [0.1, 0.15) is 0 Å². The molecule has 0 atom stereocenters. The smallest absolute Gasteiger partial charge is 0.302 e. The molecule has 0 heterocycles. The molecule has 82 valence electrons. The Bertz CT molecular complexity index is 75.7. The second kappa shape index (κ2) is 22.5. The fourth-order valence-electron chi connectivity index (χ4n) is 0. The van der Waals surface area contributed by atoms with Gasteiger partial charge in [-0.3, -0.25) is 4.79 Å². The molecule has 0 aromatic rings. The molecule has 0 bridgehead atoms. The van der Waals surface area contributed by atoms with E-state index in [0.717, 1.165) is 0 Å². The van der Waals surface area contributed by atoms with Crippen molar-refractivity contribution < 1.29 is 19.7 Å². The summed E-state index contributed by atoms with van der Waals surface area (Å²) in [5, 5.41) is 15.2. The molecule has 0 aromatic carbocycles. The summed E-state index contributed by atoms with van der Waals surface area (Å²) < 4.78 is 4.11. The van der Waals surface area contributed by atoms with Gasteiger partial charge in [-0.25, -0.2) is 0 Å². The molecule has 13 heavy (non-hydrogen) atoms. The lowest BCUT2D eigenvalue weighted by atomic mass is 10.4. The summed E-state index contributed by atoms with van der Waals surface area (Å²) in [5.74, 6) is -0.245. The Hall–Kier alpha value is -0.610. The molecular weight excluding hydrogens is 172 g/mol. The molecule has 4 heteroatoms. The minimum absolute atomic E-state index is 0.125. The Labute approximate surface area is 80.5 Å². The maximum Gasteiger partial charge on any atom is 0.302 e. The van der Waals surface area contributed by atoms with Crippen LogP contribution >= 0.6 is 0 Å². The third kappa shape index (κ3) is 87.4. The van der Waals surface area contributed by atoms with Crippen LogP contribution in [0.1, 0.15) is 33.6 Å². The van der Waals surface area contributed by atoms with E-state index >= 15 is 0 Å². The monoisotopic (exact) mass is 194 g/mol. The average molecular weight is 194 g/mol. The predicted octanol–water partition coefficient (Wildman–Crippen LogP) is 0.957. The molecule has 0 rings (SSSR count). The van der Waals surface area contributed by atoms with Crippen molar-refractivity contribution in [1.82, 2.24) is 0 Å². The summed E-state index contributed by atoms with van der Waals surface area (Å²) >= 11 is 0. The summed E-state index contributed by atoms with van der Waals surface area (Å²) in [5.41, 5.74) is 0. The molecule has 0 unspecified atom stereocenters. The van der Waals surface area contributed by atoms with Crippen molar-refractivity contribution in [3.63, 3.8) is 0 Å². The van der Waals surface area contributed by atoms with Crippen molar-refractivity contribution in [2.45, 2.75) is 33.6 Å². The van der Waals surface area contributed by atoms with Crippen molar-refractivity contribution in [2.24, 2.45) is 0 Å². The van der Waals surface area contributed by atoms with E-state index in [-0.39, 0.29) is 19.2 Å². The Balaban J connectivity index is -0.000000117. The summed E-state index contributed by atoms with van der Waals surface area (Å²) in [6, 6.07) is 0. The molecule has 0 spiro atoms. The first-order valence-electron chi connectivity index (χ1n) is 4.36. The summed E-state index contributed by atoms with van der Waals surface area (Å²) in [4.78, 5) is 9.59. The third-order valence-corrected chi connectivity index (χ3v) is 0.887. The zero-order chi connectivity index (χ0) is 11.1. The molecule has 0 aliphatic rings. The van der Waals surface area contributed by atoms with Gasteiger partial charge in [-0.2, -0.15) is 0 Å². The van der Waals surface area contributed by atoms with Gasteiger partial charge in [0.2, 0.25) is 0 Å². The zero-order valence-corrected chi connectivity index (χ0v) is 9.04. The molecule has 0 saturated heterocycles. The highest BCUT2D eigenvalue weighted by molar-refractivity contribution is 5.65. The minimum atomic E-state index is -0.245. The van der Waals surface area contributed by atoms with E-state index in [1.165, 1.54) is 26.9 Å². The fraction of sp³-hybridized carbons (Fsp3) is 0.889. The molecule has 0 aromatic heterocycles. The van der Waals surface area contributed by atoms with Gasteiger partial charge in [-0.15, -0.1) is 0 Å². The van der Waals surface area contributed by atoms with E-state index in [2.05, 4.69) is 18.6 Å². The quantitative estimate of drug-likeness (QED) is 0.642. The van der Waals surface area contributed by atoms with E-state index in [9.17, 15) is 4.79 Å². The number of hydrogen-bond donors (Lipinski definition) is 2. The second-order valence-electron chi connectivity index (χ2n) is 2.14. The van der Waals surface area contributed by atoms with Crippen LogP contribution in [-0.4, -0.2) is 36.5 Å². The number of ether oxygens (including phenoxy) is 1. The van der Waals surface area contributed by atoms with Gasteiger partial charge in [0, 0.05) is 6.92 Å². The third-order valence-electron chi connectivity index (χ3n) is 0.887. The van der Waals surface area contributed by atoms with Crippen LogP contribution in [0.25, 0.3) is 0 Å². The maximum atomic E-state index is 9.59. The molecule has 0 aliphatic carbocycles. The number of carbonyl (C=O) groups excluding carboxylic acids is 1. The standard InChI is InChI=1S/C4H10.C3H6O2.C2H6O2/c1-3-4-2;1-3(4)5-2;3-1-2-4/h3-4H2,1-2H3;1-2H3;3-4H,1-2H2. The van der Waals surface area contributed by atoms with Crippen molar-refractivity contribution in [3.05, 3.63) is 0 Å². The number of aliphatic hydroxyl groups is 2. The van der Waals surface area contributed by atoms with Gasteiger partial charge in [0.05, 0.1) is 20.3 Å². The van der Waals surface area contributed by atoms with Crippen molar-refractivity contribution in [2.75, 3.05) is 20.3 Å². The number of methoxy groups -OCH3 is 1. The first kappa shape index (κ1) is 18.2. The molecule has 0 fully saturated rings. The van der Waals surface area contributed by atoms with E-state index in [1.54, 1.807) is 0 Å². The number of rotatable bonds is 2. The number of hydrogen-bond acceptors (Lipinski definition) is 4. The van der Waals surface area contributed by atoms with Gasteiger partial charge in [-0.1, -0.05) is 26.7 Å².